The highest BCUT2D eigenvalue weighted by Crippen LogP contribution is 2.33. The zero-order chi connectivity index (χ0) is 23.5. The fourth-order valence-electron chi connectivity index (χ4n) is 4.17. The number of hydrogen-bond acceptors (Lipinski definition) is 8. The van der Waals surface area contributed by atoms with Crippen molar-refractivity contribution >= 4 is 17.6 Å². The normalized spacial score (nSPS) is 19.1. The van der Waals surface area contributed by atoms with E-state index in [0.29, 0.717) is 0 Å². The Hall–Kier alpha value is -4.30. The molecule has 2 aliphatic heterocycles. The van der Waals surface area contributed by atoms with Gasteiger partial charge in [-0.25, -0.2) is 5.84 Å². The smallest absolute Gasteiger partial charge is 0.164 e. The van der Waals surface area contributed by atoms with Crippen molar-refractivity contribution in [1.29, 1.82) is 0 Å². The molecule has 8 heteroatoms. The fourth-order valence-corrected chi connectivity index (χ4v) is 4.17. The molecule has 0 fully saturated rings. The molecular formula is C26H26N6O2. The second-order valence-corrected chi connectivity index (χ2v) is 7.91. The lowest BCUT2D eigenvalue weighted by Gasteiger charge is -2.23. The minimum Gasteiger partial charge on any atom is -0.496 e. The first-order chi connectivity index (χ1) is 16.7. The van der Waals surface area contributed by atoms with Gasteiger partial charge in [-0.2, -0.15) is 5.10 Å². The Morgan fingerprint density at radius 3 is 2.29 bits per heavy atom. The Bertz CT molecular complexity index is 1290. The molecule has 0 radical (unpaired) electrons. The summed E-state index contributed by atoms with van der Waals surface area (Å²) in [6.07, 6.45) is 3.06. The number of hydrazone groups is 1. The Balaban J connectivity index is 1.41. The van der Waals surface area contributed by atoms with Crippen LogP contribution in [-0.4, -0.2) is 31.2 Å². The summed E-state index contributed by atoms with van der Waals surface area (Å²) in [7, 11) is 3.31. The quantitative estimate of drug-likeness (QED) is 0.493. The molecule has 3 aromatic carbocycles. The number of nitrogens with zero attached hydrogens (tertiary/aromatic N) is 3. The number of benzene rings is 3. The Morgan fingerprint density at radius 2 is 1.53 bits per heavy atom. The van der Waals surface area contributed by atoms with Crippen LogP contribution >= 0.6 is 0 Å². The highest BCUT2D eigenvalue weighted by atomic mass is 16.5. The Morgan fingerprint density at radius 1 is 0.853 bits per heavy atom. The molecule has 0 bridgehead atoms. The zero-order valence-electron chi connectivity index (χ0n) is 19.0. The molecule has 4 N–H and O–H groups in total. The van der Waals surface area contributed by atoms with Crippen LogP contribution in [0.5, 0.6) is 11.5 Å². The molecule has 0 spiro atoms. The van der Waals surface area contributed by atoms with Crippen LogP contribution in [0, 0.1) is 0 Å². The lowest BCUT2D eigenvalue weighted by atomic mass is 10.0. The summed E-state index contributed by atoms with van der Waals surface area (Å²) in [6.45, 7) is 0. The van der Waals surface area contributed by atoms with Gasteiger partial charge in [-0.1, -0.05) is 54.6 Å². The molecule has 172 valence electrons. The number of ether oxygens (including phenoxy) is 2. The zero-order valence-corrected chi connectivity index (χ0v) is 19.0. The maximum Gasteiger partial charge on any atom is 0.164 e. The van der Waals surface area contributed by atoms with Crippen molar-refractivity contribution in [1.82, 2.24) is 15.8 Å². The molecule has 0 aliphatic carbocycles. The lowest BCUT2D eigenvalue weighted by Crippen LogP contribution is -2.32. The molecule has 3 aromatic rings. The van der Waals surface area contributed by atoms with Crippen LogP contribution in [0.4, 0.5) is 0 Å². The van der Waals surface area contributed by atoms with Gasteiger partial charge in [0.05, 0.1) is 31.8 Å². The number of nitrogens with two attached hydrogens (primary N) is 1. The first-order valence-electron chi connectivity index (χ1n) is 10.9. The monoisotopic (exact) mass is 454 g/mol. The minimum atomic E-state index is -0.335. The summed E-state index contributed by atoms with van der Waals surface area (Å²) < 4.78 is 11.0. The number of para-hydroxylation sites is 2. The van der Waals surface area contributed by atoms with E-state index in [-0.39, 0.29) is 12.3 Å². The van der Waals surface area contributed by atoms with E-state index < -0.39 is 0 Å². The van der Waals surface area contributed by atoms with Crippen molar-refractivity contribution in [2.24, 2.45) is 15.9 Å². The highest BCUT2D eigenvalue weighted by molar-refractivity contribution is 6.38. The summed E-state index contributed by atoms with van der Waals surface area (Å²) >= 11 is 0. The van der Waals surface area contributed by atoms with Crippen molar-refractivity contribution in [3.05, 3.63) is 101 Å². The van der Waals surface area contributed by atoms with E-state index in [1.807, 2.05) is 72.9 Å². The second-order valence-electron chi connectivity index (χ2n) is 7.91. The number of aliphatic imine (C=N–C) groups is 1. The molecule has 0 amide bonds. The number of hydrazine groups is 1. The maximum absolute atomic E-state index is 6.33. The molecule has 34 heavy (non-hydrogen) atoms. The topological polar surface area (TPSA) is 96.5 Å². The number of hydrogen-bond donors (Lipinski definition) is 3. The van der Waals surface area contributed by atoms with E-state index in [4.69, 9.17) is 20.3 Å². The van der Waals surface area contributed by atoms with E-state index in [1.54, 1.807) is 25.4 Å². The Kier molecular flexibility index (Phi) is 5.88. The van der Waals surface area contributed by atoms with Gasteiger partial charge in [0.25, 0.3) is 0 Å². The summed E-state index contributed by atoms with van der Waals surface area (Å²) in [4.78, 5) is 4.88. The van der Waals surface area contributed by atoms with Gasteiger partial charge in [-0.15, -0.1) is 0 Å². The van der Waals surface area contributed by atoms with Crippen molar-refractivity contribution in [3.8, 4) is 11.5 Å². The molecule has 2 atom stereocenters. The van der Waals surface area contributed by atoms with Gasteiger partial charge in [0, 0.05) is 22.9 Å². The fraction of sp³-hybridized carbons (Fsp3) is 0.154. The molecule has 5 rings (SSSR count). The first kappa shape index (κ1) is 21.5. The van der Waals surface area contributed by atoms with Gasteiger partial charge < -0.3 is 14.8 Å². The van der Waals surface area contributed by atoms with Crippen LogP contribution < -0.4 is 26.1 Å². The van der Waals surface area contributed by atoms with Gasteiger partial charge in [0.1, 0.15) is 17.7 Å². The number of rotatable bonds is 6. The van der Waals surface area contributed by atoms with Gasteiger partial charge in [0.15, 0.2) is 6.17 Å². The Labute approximate surface area is 198 Å². The van der Waals surface area contributed by atoms with Gasteiger partial charge >= 0.3 is 0 Å². The summed E-state index contributed by atoms with van der Waals surface area (Å²) in [5, 5.41) is 9.51. The molecule has 2 aliphatic rings. The van der Waals surface area contributed by atoms with Crippen molar-refractivity contribution in [2.45, 2.75) is 12.3 Å². The number of methoxy groups -OCH3 is 2. The van der Waals surface area contributed by atoms with Gasteiger partial charge in [-0.05, 0) is 23.8 Å². The van der Waals surface area contributed by atoms with E-state index in [2.05, 4.69) is 21.9 Å². The van der Waals surface area contributed by atoms with E-state index in [0.717, 1.165) is 45.2 Å². The second kappa shape index (κ2) is 9.29. The molecule has 0 aromatic heterocycles. The van der Waals surface area contributed by atoms with E-state index in [9.17, 15) is 0 Å². The van der Waals surface area contributed by atoms with E-state index in [1.165, 1.54) is 0 Å². The predicted molar refractivity (Wildman–Crippen MR) is 133 cm³/mol. The van der Waals surface area contributed by atoms with Crippen molar-refractivity contribution < 1.29 is 9.47 Å². The molecule has 8 nitrogen and oxygen atoms in total. The maximum atomic E-state index is 6.33. The summed E-state index contributed by atoms with van der Waals surface area (Å²) in [6, 6.07) is 23.8. The van der Waals surface area contributed by atoms with Gasteiger partial charge in [0.2, 0.25) is 0 Å². The standard InChI is InChI=1S/C26H26N6O2/c1-33-23-12-5-3-10-19(23)25-29-21(15-28-31-25)17-8-7-9-18(14-17)22-16-32(27)26(30-22)20-11-4-6-13-24(20)34-2/h3-16,25-26,30-31H,27H2,1-2H3. The lowest BCUT2D eigenvalue weighted by molar-refractivity contribution is 0.283. The third kappa shape index (κ3) is 4.06. The van der Waals surface area contributed by atoms with Crippen LogP contribution in [0.1, 0.15) is 34.6 Å². The molecular weight excluding hydrogens is 428 g/mol. The van der Waals surface area contributed by atoms with Crippen molar-refractivity contribution in [2.75, 3.05) is 14.2 Å². The molecule has 2 unspecified atom stereocenters. The first-order valence-corrected chi connectivity index (χ1v) is 10.9. The third-order valence-corrected chi connectivity index (χ3v) is 5.86. The van der Waals surface area contributed by atoms with E-state index >= 15 is 0 Å². The predicted octanol–water partition coefficient (Wildman–Crippen LogP) is 3.56. The van der Waals surface area contributed by atoms with Crippen LogP contribution in [0.25, 0.3) is 5.70 Å². The minimum absolute atomic E-state index is 0.234. The van der Waals surface area contributed by atoms with Gasteiger partial charge in [-0.3, -0.25) is 15.4 Å². The third-order valence-electron chi connectivity index (χ3n) is 5.86. The van der Waals surface area contributed by atoms with Crippen molar-refractivity contribution in [3.63, 3.8) is 0 Å². The SMILES string of the molecule is COc1ccccc1C1N=C(c2cccc(C3=CN(N)C(c4ccccc4OC)N3)c2)C=NN1. The van der Waals surface area contributed by atoms with Crippen LogP contribution in [0.2, 0.25) is 0 Å². The molecule has 0 saturated heterocycles. The van der Waals surface area contributed by atoms with Crippen LogP contribution in [-0.2, 0) is 0 Å². The molecule has 0 saturated carbocycles. The summed E-state index contributed by atoms with van der Waals surface area (Å²) in [5.74, 6) is 7.87. The largest absolute Gasteiger partial charge is 0.496 e. The average molecular weight is 455 g/mol. The van der Waals surface area contributed by atoms with Crippen LogP contribution in [0.15, 0.2) is 89.1 Å². The van der Waals surface area contributed by atoms with Crippen LogP contribution in [0.3, 0.4) is 0 Å². The average Bonchev–Trinajstić information content (AvgIpc) is 3.30. The molecule has 2 heterocycles. The highest BCUT2D eigenvalue weighted by Gasteiger charge is 2.27. The summed E-state index contributed by atoms with van der Waals surface area (Å²) in [5.41, 5.74) is 8.59. The number of nitrogens with one attached hydrogen (secondary N) is 2.